The highest BCUT2D eigenvalue weighted by molar-refractivity contribution is 5.85. The Kier molecular flexibility index (Phi) is 1.43. The summed E-state index contributed by atoms with van der Waals surface area (Å²) in [6.45, 7) is 1.89. The minimum atomic E-state index is 0.633. The van der Waals surface area contributed by atoms with Crippen LogP contribution < -0.4 is 0 Å². The normalized spacial score (nSPS) is 10.4. The van der Waals surface area contributed by atoms with Crippen molar-refractivity contribution in [3.8, 4) is 0 Å². The zero-order chi connectivity index (χ0) is 8.55. The number of rotatable bonds is 1. The summed E-state index contributed by atoms with van der Waals surface area (Å²) in [5.41, 5.74) is 3.05. The molecule has 0 aliphatic heterocycles. The third-order valence-corrected chi connectivity index (χ3v) is 1.78. The van der Waals surface area contributed by atoms with E-state index in [9.17, 15) is 4.79 Å². The lowest BCUT2D eigenvalue weighted by Crippen LogP contribution is -1.82. The number of aldehydes is 1. The molecule has 2 rings (SSSR count). The monoisotopic (exact) mass is 161 g/mol. The number of fused-ring (bicyclic) bond motifs is 1. The Morgan fingerprint density at radius 2 is 2.33 bits per heavy atom. The molecule has 60 valence electrons. The summed E-state index contributed by atoms with van der Waals surface area (Å²) in [5.74, 6) is 0. The molecule has 12 heavy (non-hydrogen) atoms. The fraction of sp³-hybridized carbons (Fsp3) is 0.111. The molecule has 0 atom stereocenters. The van der Waals surface area contributed by atoms with Gasteiger partial charge < -0.3 is 4.42 Å². The van der Waals surface area contributed by atoms with E-state index in [-0.39, 0.29) is 0 Å². The predicted octanol–water partition coefficient (Wildman–Crippen LogP) is 1.95. The molecule has 3 nitrogen and oxygen atoms in total. The Bertz CT molecular complexity index is 431. The average molecular weight is 161 g/mol. The minimum absolute atomic E-state index is 0.633. The Balaban J connectivity index is 2.83. The highest BCUT2D eigenvalue weighted by Gasteiger charge is 2.03. The van der Waals surface area contributed by atoms with Crippen molar-refractivity contribution < 1.29 is 9.21 Å². The molecule has 0 aliphatic carbocycles. The third kappa shape index (κ3) is 0.906. The van der Waals surface area contributed by atoms with Gasteiger partial charge in [0.1, 0.15) is 11.8 Å². The molecule has 1 heterocycles. The average Bonchev–Trinajstić information content (AvgIpc) is 2.52. The Hall–Kier alpha value is -1.64. The molecule has 2 aromatic rings. The molecular formula is C9H7NO2. The summed E-state index contributed by atoms with van der Waals surface area (Å²) < 4.78 is 5.12. The van der Waals surface area contributed by atoms with Crippen LogP contribution in [-0.4, -0.2) is 11.3 Å². The molecule has 0 aliphatic rings. The van der Waals surface area contributed by atoms with E-state index in [1.165, 1.54) is 6.39 Å². The molecule has 0 N–H and O–H groups in total. The SMILES string of the molecule is Cc1cc(C=O)cc2ncoc12. The van der Waals surface area contributed by atoms with Gasteiger partial charge >= 0.3 is 0 Å². The molecule has 0 saturated carbocycles. The number of aryl methyl sites for hydroxylation is 1. The number of hydrogen-bond donors (Lipinski definition) is 0. The van der Waals surface area contributed by atoms with Crippen molar-refractivity contribution in [3.63, 3.8) is 0 Å². The number of benzene rings is 1. The Labute approximate surface area is 69.0 Å². The molecule has 0 unspecified atom stereocenters. The number of oxazole rings is 1. The van der Waals surface area contributed by atoms with Gasteiger partial charge in [-0.25, -0.2) is 4.98 Å². The van der Waals surface area contributed by atoms with Crippen LogP contribution in [0.3, 0.4) is 0 Å². The van der Waals surface area contributed by atoms with Crippen LogP contribution in [0.15, 0.2) is 22.9 Å². The van der Waals surface area contributed by atoms with Crippen LogP contribution in [-0.2, 0) is 0 Å². The topological polar surface area (TPSA) is 43.1 Å². The fourth-order valence-corrected chi connectivity index (χ4v) is 1.24. The number of carbonyl (C=O) groups excluding carboxylic acids is 1. The Morgan fingerprint density at radius 3 is 3.08 bits per heavy atom. The molecule has 0 bridgehead atoms. The van der Waals surface area contributed by atoms with E-state index in [4.69, 9.17) is 4.42 Å². The van der Waals surface area contributed by atoms with Gasteiger partial charge in [-0.2, -0.15) is 0 Å². The summed E-state index contributed by atoms with van der Waals surface area (Å²) in [7, 11) is 0. The van der Waals surface area contributed by atoms with Crippen molar-refractivity contribution in [2.24, 2.45) is 0 Å². The first kappa shape index (κ1) is 7.03. The van der Waals surface area contributed by atoms with Crippen LogP contribution in [0.25, 0.3) is 11.1 Å². The number of nitrogens with zero attached hydrogens (tertiary/aromatic N) is 1. The van der Waals surface area contributed by atoms with Gasteiger partial charge in [0.25, 0.3) is 0 Å². The van der Waals surface area contributed by atoms with Gasteiger partial charge in [0, 0.05) is 5.56 Å². The molecule has 1 aromatic heterocycles. The van der Waals surface area contributed by atoms with Gasteiger partial charge in [-0.15, -0.1) is 0 Å². The zero-order valence-electron chi connectivity index (χ0n) is 6.57. The van der Waals surface area contributed by atoms with Gasteiger partial charge in [-0.3, -0.25) is 4.79 Å². The van der Waals surface area contributed by atoms with E-state index in [0.717, 1.165) is 22.9 Å². The van der Waals surface area contributed by atoms with Gasteiger partial charge in [0.05, 0.1) is 0 Å². The predicted molar refractivity (Wildman–Crippen MR) is 44.1 cm³/mol. The molecule has 0 radical (unpaired) electrons. The lowest BCUT2D eigenvalue weighted by atomic mass is 10.1. The molecule has 0 saturated heterocycles. The van der Waals surface area contributed by atoms with E-state index >= 15 is 0 Å². The molecule has 3 heteroatoms. The van der Waals surface area contributed by atoms with E-state index in [1.807, 2.05) is 6.92 Å². The minimum Gasteiger partial charge on any atom is -0.443 e. The summed E-state index contributed by atoms with van der Waals surface area (Å²) in [6, 6.07) is 3.49. The largest absolute Gasteiger partial charge is 0.443 e. The van der Waals surface area contributed by atoms with Crippen LogP contribution in [0, 0.1) is 6.92 Å². The molecule has 1 aromatic carbocycles. The smallest absolute Gasteiger partial charge is 0.181 e. The van der Waals surface area contributed by atoms with Gasteiger partial charge in [0.15, 0.2) is 12.0 Å². The van der Waals surface area contributed by atoms with E-state index < -0.39 is 0 Å². The quantitative estimate of drug-likeness (QED) is 0.600. The summed E-state index contributed by atoms with van der Waals surface area (Å²) >= 11 is 0. The van der Waals surface area contributed by atoms with E-state index in [1.54, 1.807) is 12.1 Å². The first-order chi connectivity index (χ1) is 5.81. The first-order valence-electron chi connectivity index (χ1n) is 3.60. The second kappa shape index (κ2) is 2.44. The second-order valence-electron chi connectivity index (χ2n) is 2.66. The molecule has 0 fully saturated rings. The zero-order valence-corrected chi connectivity index (χ0v) is 6.57. The van der Waals surface area contributed by atoms with Gasteiger partial charge in [-0.05, 0) is 24.6 Å². The lowest BCUT2D eigenvalue weighted by Gasteiger charge is -1.94. The maximum Gasteiger partial charge on any atom is 0.181 e. The standard InChI is InChI=1S/C9H7NO2/c1-6-2-7(4-11)3-8-9(6)12-5-10-8/h2-5H,1H3. The second-order valence-corrected chi connectivity index (χ2v) is 2.66. The first-order valence-corrected chi connectivity index (χ1v) is 3.60. The highest BCUT2D eigenvalue weighted by atomic mass is 16.3. The maximum absolute atomic E-state index is 10.5. The third-order valence-electron chi connectivity index (χ3n) is 1.78. The van der Waals surface area contributed by atoms with Crippen molar-refractivity contribution in [1.82, 2.24) is 4.98 Å². The lowest BCUT2D eigenvalue weighted by molar-refractivity contribution is 0.112. The fourth-order valence-electron chi connectivity index (χ4n) is 1.24. The van der Waals surface area contributed by atoms with Crippen LogP contribution in [0.2, 0.25) is 0 Å². The molecule has 0 spiro atoms. The van der Waals surface area contributed by atoms with E-state index in [2.05, 4.69) is 4.98 Å². The maximum atomic E-state index is 10.5. The number of carbonyl (C=O) groups is 1. The van der Waals surface area contributed by atoms with Crippen molar-refractivity contribution >= 4 is 17.4 Å². The van der Waals surface area contributed by atoms with Crippen molar-refractivity contribution in [3.05, 3.63) is 29.7 Å². The molecular weight excluding hydrogens is 154 g/mol. The summed E-state index contributed by atoms with van der Waals surface area (Å²) in [6.07, 6.45) is 2.19. The van der Waals surface area contributed by atoms with Crippen LogP contribution in [0.5, 0.6) is 0 Å². The van der Waals surface area contributed by atoms with Crippen molar-refractivity contribution in [1.29, 1.82) is 0 Å². The molecule has 0 amide bonds. The van der Waals surface area contributed by atoms with Crippen molar-refractivity contribution in [2.75, 3.05) is 0 Å². The van der Waals surface area contributed by atoms with Crippen LogP contribution in [0.1, 0.15) is 15.9 Å². The van der Waals surface area contributed by atoms with Crippen LogP contribution >= 0.6 is 0 Å². The van der Waals surface area contributed by atoms with Gasteiger partial charge in [0.2, 0.25) is 0 Å². The summed E-state index contributed by atoms with van der Waals surface area (Å²) in [5, 5.41) is 0. The van der Waals surface area contributed by atoms with E-state index in [0.29, 0.717) is 5.56 Å². The summed E-state index contributed by atoms with van der Waals surface area (Å²) in [4.78, 5) is 14.4. The highest BCUT2D eigenvalue weighted by Crippen LogP contribution is 2.18. The van der Waals surface area contributed by atoms with Gasteiger partial charge in [-0.1, -0.05) is 0 Å². The number of aromatic nitrogens is 1. The van der Waals surface area contributed by atoms with Crippen molar-refractivity contribution in [2.45, 2.75) is 6.92 Å². The Morgan fingerprint density at radius 1 is 1.50 bits per heavy atom. The number of hydrogen-bond acceptors (Lipinski definition) is 3. The van der Waals surface area contributed by atoms with Crippen LogP contribution in [0.4, 0.5) is 0 Å².